The molecule has 11 nitrogen and oxygen atoms in total. The number of hydrazone groups is 1. The maximum atomic E-state index is 13.7. The summed E-state index contributed by atoms with van der Waals surface area (Å²) < 4.78 is 52.3. The lowest BCUT2D eigenvalue weighted by molar-refractivity contribution is -0.0611. The van der Waals surface area contributed by atoms with Gasteiger partial charge in [0.1, 0.15) is 5.82 Å². The molecule has 1 fully saturated rings. The quantitative estimate of drug-likeness (QED) is 0.222. The first-order chi connectivity index (χ1) is 16.7. The number of benzene rings is 1. The van der Waals surface area contributed by atoms with Gasteiger partial charge in [-0.2, -0.15) is 33.8 Å². The van der Waals surface area contributed by atoms with Crippen molar-refractivity contribution >= 4 is 29.8 Å². The van der Waals surface area contributed by atoms with Crippen LogP contribution in [0, 0.1) is 16.8 Å². The zero-order chi connectivity index (χ0) is 25.2. The number of carbonyl (C=O) groups excluding carboxylic acids is 1. The topological polar surface area (TPSA) is 128 Å². The van der Waals surface area contributed by atoms with Crippen molar-refractivity contribution in [2.75, 3.05) is 36.1 Å². The number of halogens is 4. The number of urea groups is 1. The smallest absolute Gasteiger partial charge is 0.337 e. The minimum Gasteiger partial charge on any atom is -0.337 e. The van der Waals surface area contributed by atoms with Crippen molar-refractivity contribution in [2.45, 2.75) is 18.6 Å². The Morgan fingerprint density at radius 2 is 1.91 bits per heavy atom. The Morgan fingerprint density at radius 3 is 2.57 bits per heavy atom. The number of rotatable bonds is 4. The molecule has 2 aliphatic rings. The molecule has 3 heterocycles. The number of amides is 2. The van der Waals surface area contributed by atoms with Crippen LogP contribution in [0.3, 0.4) is 0 Å². The van der Waals surface area contributed by atoms with E-state index in [0.717, 1.165) is 6.07 Å². The maximum Gasteiger partial charge on any atom is 0.451 e. The van der Waals surface area contributed by atoms with E-state index < -0.39 is 23.9 Å². The Morgan fingerprint density at radius 1 is 1.17 bits per heavy atom. The van der Waals surface area contributed by atoms with E-state index in [4.69, 9.17) is 10.9 Å². The highest BCUT2D eigenvalue weighted by atomic mass is 19.4. The van der Waals surface area contributed by atoms with Gasteiger partial charge in [0.05, 0.1) is 6.04 Å². The molecule has 1 aromatic heterocycles. The second-order valence-corrected chi connectivity index (χ2v) is 7.68. The van der Waals surface area contributed by atoms with Crippen LogP contribution in [0.2, 0.25) is 0 Å². The molecule has 0 spiro atoms. The number of hydrogen-bond donors (Lipinski definition) is 2. The maximum absolute atomic E-state index is 13.7. The number of anilines is 2. The first-order valence-corrected chi connectivity index (χ1v) is 10.5. The van der Waals surface area contributed by atoms with Gasteiger partial charge in [-0.3, -0.25) is 5.41 Å². The fourth-order valence-corrected chi connectivity index (χ4v) is 3.78. The number of aromatic nitrogens is 2. The van der Waals surface area contributed by atoms with Crippen LogP contribution >= 0.6 is 0 Å². The molecule has 0 saturated carbocycles. The zero-order valence-corrected chi connectivity index (χ0v) is 18.2. The van der Waals surface area contributed by atoms with Crippen molar-refractivity contribution < 1.29 is 22.4 Å². The van der Waals surface area contributed by atoms with Gasteiger partial charge in [-0.1, -0.05) is 17.4 Å². The third-order valence-corrected chi connectivity index (χ3v) is 5.52. The van der Waals surface area contributed by atoms with Crippen LogP contribution < -0.4 is 9.91 Å². The number of nitrogens with zero attached hydrogens (tertiary/aromatic N) is 8. The van der Waals surface area contributed by atoms with Crippen LogP contribution in [0.5, 0.6) is 0 Å². The molecule has 1 atom stereocenters. The third-order valence-electron chi connectivity index (χ3n) is 5.52. The van der Waals surface area contributed by atoms with E-state index in [9.17, 15) is 22.4 Å². The van der Waals surface area contributed by atoms with Gasteiger partial charge in [-0.15, -0.1) is 0 Å². The monoisotopic (exact) mass is 492 g/mol. The van der Waals surface area contributed by atoms with Crippen molar-refractivity contribution in [3.63, 3.8) is 0 Å². The Balaban J connectivity index is 1.42. The van der Waals surface area contributed by atoms with Crippen LogP contribution in [0.4, 0.5) is 34.1 Å². The molecule has 0 unspecified atom stereocenters. The number of nitrogens with one attached hydrogen (secondary N) is 2. The van der Waals surface area contributed by atoms with E-state index in [1.165, 1.54) is 23.3 Å². The Kier molecular flexibility index (Phi) is 6.57. The standard InChI is InChI=1S/C20H20F4N10O/c21-14-3-1-2-13(12-14)15-4-7-28-33(15)19(35)32-10-8-31(9-11-32)18-27-6-5-16(29-18)34(30-26)17(25)20(22,23)24/h1-3,5-7,12,15,25-26H,4,8-11H2/t15-/m0/s1. The second kappa shape index (κ2) is 9.60. The predicted molar refractivity (Wildman–Crippen MR) is 117 cm³/mol. The van der Waals surface area contributed by atoms with Gasteiger partial charge in [-0.05, 0) is 17.7 Å². The molecule has 2 amide bonds. The first kappa shape index (κ1) is 24.0. The molecule has 184 valence electrons. The first-order valence-electron chi connectivity index (χ1n) is 10.5. The van der Waals surface area contributed by atoms with Gasteiger partial charge >= 0.3 is 12.2 Å². The average Bonchev–Trinajstić information content (AvgIpc) is 3.34. The average molecular weight is 492 g/mol. The van der Waals surface area contributed by atoms with Crippen LogP contribution in [0.15, 0.2) is 46.9 Å². The van der Waals surface area contributed by atoms with Crippen LogP contribution in [-0.2, 0) is 0 Å². The fourth-order valence-electron chi connectivity index (χ4n) is 3.78. The van der Waals surface area contributed by atoms with Gasteiger partial charge in [0.2, 0.25) is 11.8 Å². The molecular weight excluding hydrogens is 472 g/mol. The van der Waals surface area contributed by atoms with Gasteiger partial charge in [-0.25, -0.2) is 19.2 Å². The number of piperazine rings is 1. The normalized spacial score (nSPS) is 18.1. The summed E-state index contributed by atoms with van der Waals surface area (Å²) >= 11 is 0. The van der Waals surface area contributed by atoms with Crippen molar-refractivity contribution in [1.82, 2.24) is 19.9 Å². The number of alkyl halides is 3. The third kappa shape index (κ3) is 5.02. The highest BCUT2D eigenvalue weighted by Crippen LogP contribution is 2.30. The van der Waals surface area contributed by atoms with Gasteiger partial charge in [0.15, 0.2) is 5.82 Å². The molecular formula is C20H20F4N10O. The van der Waals surface area contributed by atoms with Crippen molar-refractivity contribution in [3.05, 3.63) is 47.9 Å². The molecule has 0 radical (unpaired) electrons. The van der Waals surface area contributed by atoms with E-state index in [1.807, 2.05) is 0 Å². The second-order valence-electron chi connectivity index (χ2n) is 7.68. The molecule has 1 aromatic carbocycles. The van der Waals surface area contributed by atoms with E-state index >= 15 is 0 Å². The summed E-state index contributed by atoms with van der Waals surface area (Å²) in [5, 5.41) is 15.5. The molecule has 35 heavy (non-hydrogen) atoms. The lowest BCUT2D eigenvalue weighted by atomic mass is 10.0. The molecule has 15 heteroatoms. The lowest BCUT2D eigenvalue weighted by Gasteiger charge is -2.37. The highest BCUT2D eigenvalue weighted by Gasteiger charge is 2.40. The molecule has 0 aliphatic carbocycles. The van der Waals surface area contributed by atoms with Crippen molar-refractivity contribution in [3.8, 4) is 0 Å². The van der Waals surface area contributed by atoms with Crippen LogP contribution in [-0.4, -0.2) is 70.3 Å². The van der Waals surface area contributed by atoms with Gasteiger partial charge in [0, 0.05) is 51.1 Å². The molecule has 1 saturated heterocycles. The summed E-state index contributed by atoms with van der Waals surface area (Å²) in [7, 11) is 0. The summed E-state index contributed by atoms with van der Waals surface area (Å²) in [5.41, 5.74) is 7.66. The van der Waals surface area contributed by atoms with Crippen LogP contribution in [0.1, 0.15) is 18.0 Å². The number of hydrogen-bond acceptors (Lipinski definition) is 8. The predicted octanol–water partition coefficient (Wildman–Crippen LogP) is 3.58. The Hall–Kier alpha value is -4.17. The van der Waals surface area contributed by atoms with E-state index in [-0.39, 0.29) is 49.0 Å². The summed E-state index contributed by atoms with van der Waals surface area (Å²) in [6, 6.07) is 6.34. The summed E-state index contributed by atoms with van der Waals surface area (Å²) in [5.74, 6) is -2.56. The van der Waals surface area contributed by atoms with E-state index in [1.54, 1.807) is 28.1 Å². The molecule has 2 N–H and O–H groups in total. The summed E-state index contributed by atoms with van der Waals surface area (Å²) in [4.78, 5) is 24.4. The summed E-state index contributed by atoms with van der Waals surface area (Å²) in [6.45, 7) is 1.09. The van der Waals surface area contributed by atoms with Gasteiger partial charge < -0.3 is 9.80 Å². The zero-order valence-electron chi connectivity index (χ0n) is 18.2. The van der Waals surface area contributed by atoms with Gasteiger partial charge in [0.25, 0.3) is 0 Å². The largest absolute Gasteiger partial charge is 0.451 e. The molecule has 0 bridgehead atoms. The SMILES string of the molecule is N=NN(C(=N)C(F)(F)F)c1ccnc(N2CCN(C(=O)N3N=CC[C@H]3c3cccc(F)c3)CC2)n1. The van der Waals surface area contributed by atoms with Crippen molar-refractivity contribution in [2.24, 2.45) is 10.3 Å². The van der Waals surface area contributed by atoms with Crippen LogP contribution in [0.25, 0.3) is 0 Å². The minimum atomic E-state index is -5.01. The molecule has 2 aliphatic heterocycles. The van der Waals surface area contributed by atoms with E-state index in [2.05, 4.69) is 20.3 Å². The minimum absolute atomic E-state index is 0.0584. The number of carbonyl (C=O) groups is 1. The highest BCUT2D eigenvalue weighted by molar-refractivity contribution is 5.98. The molecule has 2 aromatic rings. The Bertz CT molecular complexity index is 1150. The molecule has 4 rings (SSSR count). The lowest BCUT2D eigenvalue weighted by Crippen LogP contribution is -2.52. The fraction of sp³-hybridized carbons (Fsp3) is 0.350. The Labute approximate surface area is 196 Å². The van der Waals surface area contributed by atoms with E-state index in [0.29, 0.717) is 12.0 Å². The van der Waals surface area contributed by atoms with Crippen molar-refractivity contribution in [1.29, 1.82) is 10.9 Å². The number of amidine groups is 1. The summed E-state index contributed by atoms with van der Waals surface area (Å²) in [6.07, 6.45) is -1.74.